The van der Waals surface area contributed by atoms with E-state index in [4.69, 9.17) is 0 Å². The Morgan fingerprint density at radius 1 is 1.15 bits per heavy atom. The van der Waals surface area contributed by atoms with Crippen LogP contribution in [0.4, 0.5) is 8.78 Å². The zero-order valence-electron chi connectivity index (χ0n) is 10.5. The van der Waals surface area contributed by atoms with Gasteiger partial charge in [0, 0.05) is 11.0 Å². The van der Waals surface area contributed by atoms with Gasteiger partial charge in [-0.2, -0.15) is 0 Å². The second-order valence-corrected chi connectivity index (χ2v) is 5.18. The SMILES string of the molecule is O=C(NCCc1cccc(F)c1)c1ccc(Br)cc1F. The second-order valence-electron chi connectivity index (χ2n) is 4.26. The lowest BCUT2D eigenvalue weighted by Crippen LogP contribution is -2.26. The van der Waals surface area contributed by atoms with E-state index in [9.17, 15) is 13.6 Å². The standard InChI is InChI=1S/C15H12BrF2NO/c16-11-4-5-13(14(18)9-11)15(20)19-7-6-10-2-1-3-12(17)8-10/h1-5,8-9H,6-7H2,(H,19,20). The molecule has 2 aromatic rings. The van der Waals surface area contributed by atoms with Gasteiger partial charge in [0.25, 0.3) is 5.91 Å². The highest BCUT2D eigenvalue weighted by molar-refractivity contribution is 9.10. The molecule has 0 saturated heterocycles. The van der Waals surface area contributed by atoms with E-state index in [0.29, 0.717) is 17.4 Å². The molecule has 0 aliphatic heterocycles. The van der Waals surface area contributed by atoms with Gasteiger partial charge >= 0.3 is 0 Å². The van der Waals surface area contributed by atoms with Gasteiger partial charge in [-0.1, -0.05) is 28.1 Å². The second kappa shape index (κ2) is 6.61. The van der Waals surface area contributed by atoms with E-state index in [1.807, 2.05) is 0 Å². The van der Waals surface area contributed by atoms with Gasteiger partial charge in [-0.3, -0.25) is 4.79 Å². The molecule has 5 heteroatoms. The number of nitrogens with one attached hydrogen (secondary N) is 1. The molecule has 20 heavy (non-hydrogen) atoms. The van der Waals surface area contributed by atoms with Crippen LogP contribution in [0.3, 0.4) is 0 Å². The van der Waals surface area contributed by atoms with Crippen molar-refractivity contribution in [2.75, 3.05) is 6.54 Å². The number of carbonyl (C=O) groups excluding carboxylic acids is 1. The maximum atomic E-state index is 13.6. The average Bonchev–Trinajstić information content (AvgIpc) is 2.38. The van der Waals surface area contributed by atoms with Gasteiger partial charge in [0.1, 0.15) is 11.6 Å². The predicted molar refractivity (Wildman–Crippen MR) is 76.5 cm³/mol. The van der Waals surface area contributed by atoms with E-state index in [-0.39, 0.29) is 11.4 Å². The van der Waals surface area contributed by atoms with Crippen LogP contribution in [-0.4, -0.2) is 12.5 Å². The number of halogens is 3. The van der Waals surface area contributed by atoms with Gasteiger partial charge in [0.15, 0.2) is 0 Å². The molecule has 0 saturated carbocycles. The fourth-order valence-electron chi connectivity index (χ4n) is 1.78. The van der Waals surface area contributed by atoms with Crippen molar-refractivity contribution >= 4 is 21.8 Å². The normalized spacial score (nSPS) is 10.3. The lowest BCUT2D eigenvalue weighted by atomic mass is 10.1. The number of carbonyl (C=O) groups is 1. The average molecular weight is 340 g/mol. The lowest BCUT2D eigenvalue weighted by Gasteiger charge is -2.06. The Balaban J connectivity index is 1.92. The predicted octanol–water partition coefficient (Wildman–Crippen LogP) is 3.70. The first kappa shape index (κ1) is 14.7. The summed E-state index contributed by atoms with van der Waals surface area (Å²) in [5, 5.41) is 2.61. The van der Waals surface area contributed by atoms with Crippen LogP contribution in [0.5, 0.6) is 0 Å². The highest BCUT2D eigenvalue weighted by atomic mass is 79.9. The zero-order valence-corrected chi connectivity index (χ0v) is 12.1. The summed E-state index contributed by atoms with van der Waals surface area (Å²) in [5.74, 6) is -1.37. The monoisotopic (exact) mass is 339 g/mol. The molecule has 1 N–H and O–H groups in total. The Morgan fingerprint density at radius 2 is 1.95 bits per heavy atom. The van der Waals surface area contributed by atoms with Crippen molar-refractivity contribution in [3.63, 3.8) is 0 Å². The number of rotatable bonds is 4. The minimum atomic E-state index is -0.581. The molecule has 0 unspecified atom stereocenters. The minimum absolute atomic E-state index is 0.00700. The topological polar surface area (TPSA) is 29.1 Å². The first-order chi connectivity index (χ1) is 9.56. The van der Waals surface area contributed by atoms with Crippen molar-refractivity contribution in [1.29, 1.82) is 0 Å². The minimum Gasteiger partial charge on any atom is -0.352 e. The van der Waals surface area contributed by atoms with Crippen LogP contribution in [0, 0.1) is 11.6 Å². The van der Waals surface area contributed by atoms with Crippen LogP contribution in [0.15, 0.2) is 46.9 Å². The Morgan fingerprint density at radius 3 is 2.65 bits per heavy atom. The lowest BCUT2D eigenvalue weighted by molar-refractivity contribution is 0.0950. The summed E-state index contributed by atoms with van der Waals surface area (Å²) >= 11 is 3.13. The molecule has 104 valence electrons. The van der Waals surface area contributed by atoms with Crippen molar-refractivity contribution in [1.82, 2.24) is 5.32 Å². The molecule has 0 atom stereocenters. The molecule has 0 spiro atoms. The molecular formula is C15H12BrF2NO. The number of benzene rings is 2. The van der Waals surface area contributed by atoms with E-state index >= 15 is 0 Å². The van der Waals surface area contributed by atoms with Crippen LogP contribution < -0.4 is 5.32 Å². The highest BCUT2D eigenvalue weighted by Crippen LogP contribution is 2.15. The van der Waals surface area contributed by atoms with Gasteiger partial charge in [0.2, 0.25) is 0 Å². The third-order valence-electron chi connectivity index (χ3n) is 2.76. The van der Waals surface area contributed by atoms with Crippen molar-refractivity contribution in [3.05, 3.63) is 69.7 Å². The quantitative estimate of drug-likeness (QED) is 0.904. The summed E-state index contributed by atoms with van der Waals surface area (Å²) in [6.07, 6.45) is 0.488. The van der Waals surface area contributed by atoms with E-state index in [0.717, 1.165) is 5.56 Å². The van der Waals surface area contributed by atoms with Crippen molar-refractivity contribution in [3.8, 4) is 0 Å². The molecule has 2 aromatic carbocycles. The van der Waals surface area contributed by atoms with Crippen LogP contribution in [0.1, 0.15) is 15.9 Å². The van der Waals surface area contributed by atoms with Gasteiger partial charge in [0.05, 0.1) is 5.56 Å². The maximum absolute atomic E-state index is 13.6. The zero-order chi connectivity index (χ0) is 14.5. The summed E-state index contributed by atoms with van der Waals surface area (Å²) in [6, 6.07) is 10.4. The Hall–Kier alpha value is -1.75. The molecule has 0 bridgehead atoms. The van der Waals surface area contributed by atoms with Gasteiger partial charge in [-0.05, 0) is 42.3 Å². The van der Waals surface area contributed by atoms with Crippen LogP contribution in [0.25, 0.3) is 0 Å². The molecule has 0 aromatic heterocycles. The third kappa shape index (κ3) is 3.87. The fraction of sp³-hybridized carbons (Fsp3) is 0.133. The maximum Gasteiger partial charge on any atom is 0.254 e. The van der Waals surface area contributed by atoms with E-state index in [1.54, 1.807) is 18.2 Å². The third-order valence-corrected chi connectivity index (χ3v) is 3.26. The van der Waals surface area contributed by atoms with Gasteiger partial charge < -0.3 is 5.32 Å². The highest BCUT2D eigenvalue weighted by Gasteiger charge is 2.11. The molecule has 2 nitrogen and oxygen atoms in total. The Kier molecular flexibility index (Phi) is 4.84. The van der Waals surface area contributed by atoms with E-state index in [1.165, 1.54) is 24.3 Å². The molecule has 0 aliphatic carbocycles. The number of hydrogen-bond donors (Lipinski definition) is 1. The molecule has 0 aliphatic rings. The summed E-state index contributed by atoms with van der Waals surface area (Å²) in [5.41, 5.74) is 0.772. The molecule has 0 radical (unpaired) electrons. The fourth-order valence-corrected chi connectivity index (χ4v) is 2.11. The van der Waals surface area contributed by atoms with Crippen LogP contribution >= 0.6 is 15.9 Å². The van der Waals surface area contributed by atoms with E-state index < -0.39 is 11.7 Å². The summed E-state index contributed by atoms with van der Waals surface area (Å²) < 4.78 is 27.1. The first-order valence-electron chi connectivity index (χ1n) is 6.04. The summed E-state index contributed by atoms with van der Waals surface area (Å²) in [6.45, 7) is 0.317. The van der Waals surface area contributed by atoms with Crippen LogP contribution in [0.2, 0.25) is 0 Å². The Labute approximate surface area is 123 Å². The molecule has 0 fully saturated rings. The van der Waals surface area contributed by atoms with Gasteiger partial charge in [-0.15, -0.1) is 0 Å². The number of amides is 1. The van der Waals surface area contributed by atoms with Crippen LogP contribution in [-0.2, 0) is 6.42 Å². The molecule has 2 rings (SSSR count). The van der Waals surface area contributed by atoms with Crippen molar-refractivity contribution < 1.29 is 13.6 Å². The smallest absolute Gasteiger partial charge is 0.254 e. The van der Waals surface area contributed by atoms with Crippen molar-refractivity contribution in [2.24, 2.45) is 0 Å². The number of hydrogen-bond acceptors (Lipinski definition) is 1. The first-order valence-corrected chi connectivity index (χ1v) is 6.83. The van der Waals surface area contributed by atoms with E-state index in [2.05, 4.69) is 21.2 Å². The molecule has 0 heterocycles. The summed E-state index contributed by atoms with van der Waals surface area (Å²) in [7, 11) is 0. The molecular weight excluding hydrogens is 328 g/mol. The Bertz CT molecular complexity index is 631. The van der Waals surface area contributed by atoms with Crippen molar-refractivity contribution in [2.45, 2.75) is 6.42 Å². The molecule has 1 amide bonds. The largest absolute Gasteiger partial charge is 0.352 e. The van der Waals surface area contributed by atoms with Gasteiger partial charge in [-0.25, -0.2) is 8.78 Å². The summed E-state index contributed by atoms with van der Waals surface area (Å²) in [4.78, 5) is 11.8.